The fourth-order valence-corrected chi connectivity index (χ4v) is 2.40. The molecular weight excluding hydrogens is 354 g/mol. The third-order valence-electron chi connectivity index (χ3n) is 3.54. The molecule has 2 aromatic rings. The maximum atomic E-state index is 12.1. The molecule has 0 saturated carbocycles. The number of ether oxygens (including phenoxy) is 1. The molecule has 0 saturated heterocycles. The molecule has 0 fully saturated rings. The molecule has 6 nitrogen and oxygen atoms in total. The van der Waals surface area contributed by atoms with Crippen LogP contribution < -0.4 is 15.4 Å². The molecule has 134 valence electrons. The van der Waals surface area contributed by atoms with Crippen LogP contribution in [0.15, 0.2) is 54.2 Å². The molecule has 0 radical (unpaired) electrons. The first-order valence-electron chi connectivity index (χ1n) is 7.80. The predicted octanol–water partition coefficient (Wildman–Crippen LogP) is 3.23. The highest BCUT2D eigenvalue weighted by molar-refractivity contribution is 6.32. The summed E-state index contributed by atoms with van der Waals surface area (Å²) in [6.07, 6.45) is 1.92. The van der Waals surface area contributed by atoms with Gasteiger partial charge < -0.3 is 20.5 Å². The number of carbonyl (C=O) groups is 1. The van der Waals surface area contributed by atoms with Crippen LogP contribution >= 0.6 is 11.6 Å². The molecule has 0 aliphatic heterocycles. The Morgan fingerprint density at radius 2 is 2.04 bits per heavy atom. The number of methoxy groups -OCH3 is 1. The van der Waals surface area contributed by atoms with Gasteiger partial charge >= 0.3 is 0 Å². The molecule has 0 aliphatic carbocycles. The lowest BCUT2D eigenvalue weighted by Gasteiger charge is -2.07. The van der Waals surface area contributed by atoms with Gasteiger partial charge in [0.1, 0.15) is 23.1 Å². The molecule has 0 aromatic heterocycles. The van der Waals surface area contributed by atoms with Gasteiger partial charge in [0.2, 0.25) is 0 Å². The minimum Gasteiger partial charge on any atom is -0.508 e. The molecule has 1 amide bonds. The van der Waals surface area contributed by atoms with Crippen molar-refractivity contribution < 1.29 is 14.6 Å². The van der Waals surface area contributed by atoms with Crippen molar-refractivity contribution in [3.05, 3.63) is 64.8 Å². The number of hydrogen-bond acceptors (Lipinski definition) is 5. The molecule has 7 heteroatoms. The van der Waals surface area contributed by atoms with Gasteiger partial charge in [0.15, 0.2) is 0 Å². The van der Waals surface area contributed by atoms with Gasteiger partial charge in [0.05, 0.1) is 12.1 Å². The van der Waals surface area contributed by atoms with Crippen LogP contribution in [-0.2, 0) is 11.2 Å². The quantitative estimate of drug-likeness (QED) is 0.513. The minimum atomic E-state index is -0.474. The fraction of sp³-hybridized carbons (Fsp3) is 0.158. The Labute approximate surface area is 156 Å². The molecule has 26 heavy (non-hydrogen) atoms. The largest absolute Gasteiger partial charge is 0.508 e. The first-order chi connectivity index (χ1) is 12.5. The summed E-state index contributed by atoms with van der Waals surface area (Å²) < 4.78 is 5.07. The van der Waals surface area contributed by atoms with E-state index in [2.05, 4.69) is 10.6 Å². The Morgan fingerprint density at radius 3 is 2.65 bits per heavy atom. The standard InChI is InChI=1S/C19H18ClN3O3/c1-26-18-7-4-15(10-17(18)20)23-12-14(11-21)19(25)22-9-8-13-2-5-16(24)6-3-13/h2-7,10,12,23-24H,8-9H2,1H3,(H,22,25)/b14-12-. The van der Waals surface area contributed by atoms with Gasteiger partial charge in [-0.3, -0.25) is 4.79 Å². The van der Waals surface area contributed by atoms with Crippen molar-refractivity contribution >= 4 is 23.2 Å². The number of phenolic OH excluding ortho intramolecular Hbond substituents is 1. The highest BCUT2D eigenvalue weighted by Crippen LogP contribution is 2.27. The number of carbonyl (C=O) groups excluding carboxylic acids is 1. The van der Waals surface area contributed by atoms with E-state index in [4.69, 9.17) is 21.6 Å². The lowest BCUT2D eigenvalue weighted by molar-refractivity contribution is -0.117. The van der Waals surface area contributed by atoms with E-state index in [1.807, 2.05) is 6.07 Å². The summed E-state index contributed by atoms with van der Waals surface area (Å²) in [7, 11) is 1.52. The van der Waals surface area contributed by atoms with Crippen molar-refractivity contribution in [2.45, 2.75) is 6.42 Å². The van der Waals surface area contributed by atoms with E-state index in [1.54, 1.807) is 42.5 Å². The zero-order chi connectivity index (χ0) is 18.9. The van der Waals surface area contributed by atoms with Gasteiger partial charge in [-0.25, -0.2) is 0 Å². The maximum Gasteiger partial charge on any atom is 0.263 e. The third-order valence-corrected chi connectivity index (χ3v) is 3.83. The number of nitriles is 1. The van der Waals surface area contributed by atoms with Crippen LogP contribution in [0.3, 0.4) is 0 Å². The maximum absolute atomic E-state index is 12.1. The Hall–Kier alpha value is -3.17. The number of phenols is 1. The zero-order valence-electron chi connectivity index (χ0n) is 14.1. The summed E-state index contributed by atoms with van der Waals surface area (Å²) in [4.78, 5) is 12.1. The molecule has 0 atom stereocenters. The van der Waals surface area contributed by atoms with Crippen LogP contribution in [0.1, 0.15) is 5.56 Å². The van der Waals surface area contributed by atoms with Crippen LogP contribution in [0.2, 0.25) is 5.02 Å². The van der Waals surface area contributed by atoms with Crippen molar-refractivity contribution in [2.75, 3.05) is 19.0 Å². The molecule has 0 bridgehead atoms. The molecule has 2 rings (SSSR count). The summed E-state index contributed by atoms with van der Waals surface area (Å²) >= 11 is 6.03. The first-order valence-corrected chi connectivity index (χ1v) is 8.17. The van der Waals surface area contributed by atoms with Gasteiger partial charge in [-0.2, -0.15) is 5.26 Å². The average molecular weight is 372 g/mol. The van der Waals surface area contributed by atoms with Gasteiger partial charge in [0, 0.05) is 18.4 Å². The Balaban J connectivity index is 1.91. The van der Waals surface area contributed by atoms with Gasteiger partial charge in [-0.15, -0.1) is 0 Å². The number of halogens is 1. The number of benzene rings is 2. The first kappa shape index (κ1) is 19.2. The van der Waals surface area contributed by atoms with Gasteiger partial charge in [0.25, 0.3) is 5.91 Å². The number of amides is 1. The van der Waals surface area contributed by atoms with Gasteiger partial charge in [-0.1, -0.05) is 23.7 Å². The normalized spacial score (nSPS) is 10.7. The molecule has 0 aliphatic rings. The summed E-state index contributed by atoms with van der Waals surface area (Å²) in [6.45, 7) is 0.372. The van der Waals surface area contributed by atoms with Crippen LogP contribution in [0.25, 0.3) is 0 Å². The molecule has 0 spiro atoms. The second-order valence-electron chi connectivity index (χ2n) is 5.34. The summed E-state index contributed by atoms with van der Waals surface area (Å²) in [5.41, 5.74) is 1.54. The number of rotatable bonds is 7. The zero-order valence-corrected chi connectivity index (χ0v) is 14.9. The molecule has 0 unspecified atom stereocenters. The third kappa shape index (κ3) is 5.43. The number of anilines is 1. The van der Waals surface area contributed by atoms with Crippen LogP contribution in [0, 0.1) is 11.3 Å². The minimum absolute atomic E-state index is 0.0531. The highest BCUT2D eigenvalue weighted by atomic mass is 35.5. The number of hydrogen-bond donors (Lipinski definition) is 3. The van der Waals surface area contributed by atoms with Crippen LogP contribution in [0.4, 0.5) is 5.69 Å². The van der Waals surface area contributed by atoms with E-state index in [1.165, 1.54) is 13.3 Å². The second kappa shape index (κ2) is 9.35. The highest BCUT2D eigenvalue weighted by Gasteiger charge is 2.08. The van der Waals surface area contributed by atoms with Crippen LogP contribution in [0.5, 0.6) is 11.5 Å². The van der Waals surface area contributed by atoms with Crippen molar-refractivity contribution in [2.24, 2.45) is 0 Å². The summed E-state index contributed by atoms with van der Waals surface area (Å²) in [5, 5.41) is 24.4. The van der Waals surface area contributed by atoms with E-state index in [0.29, 0.717) is 29.4 Å². The van der Waals surface area contributed by atoms with Crippen LogP contribution in [-0.4, -0.2) is 24.7 Å². The van der Waals surface area contributed by atoms with Crippen molar-refractivity contribution in [3.63, 3.8) is 0 Å². The Kier molecular flexibility index (Phi) is 6.89. The number of aromatic hydroxyl groups is 1. The molecule has 3 N–H and O–H groups in total. The van der Waals surface area contributed by atoms with Gasteiger partial charge in [-0.05, 0) is 42.3 Å². The number of nitrogens with one attached hydrogen (secondary N) is 2. The SMILES string of the molecule is COc1ccc(N/C=C(/C#N)C(=O)NCCc2ccc(O)cc2)cc1Cl. The Bertz CT molecular complexity index is 842. The Morgan fingerprint density at radius 1 is 1.31 bits per heavy atom. The van der Waals surface area contributed by atoms with E-state index in [0.717, 1.165) is 5.56 Å². The van der Waals surface area contributed by atoms with Crippen molar-refractivity contribution in [1.29, 1.82) is 5.26 Å². The fourth-order valence-electron chi connectivity index (χ4n) is 2.14. The molecule has 0 heterocycles. The lowest BCUT2D eigenvalue weighted by Crippen LogP contribution is -2.27. The monoisotopic (exact) mass is 371 g/mol. The van der Waals surface area contributed by atoms with Crippen molar-refractivity contribution in [1.82, 2.24) is 5.32 Å². The molecular formula is C19H18ClN3O3. The average Bonchev–Trinajstić information content (AvgIpc) is 2.64. The molecule has 2 aromatic carbocycles. The summed E-state index contributed by atoms with van der Waals surface area (Å²) in [5.74, 6) is 0.254. The number of nitrogens with zero attached hydrogens (tertiary/aromatic N) is 1. The van der Waals surface area contributed by atoms with E-state index in [9.17, 15) is 9.90 Å². The topological polar surface area (TPSA) is 94.4 Å². The van der Waals surface area contributed by atoms with E-state index < -0.39 is 5.91 Å². The predicted molar refractivity (Wildman–Crippen MR) is 100 cm³/mol. The lowest BCUT2D eigenvalue weighted by atomic mass is 10.1. The smallest absolute Gasteiger partial charge is 0.263 e. The second-order valence-corrected chi connectivity index (χ2v) is 5.74. The van der Waals surface area contributed by atoms with Crippen molar-refractivity contribution in [3.8, 4) is 17.6 Å². The summed E-state index contributed by atoms with van der Waals surface area (Å²) in [6, 6.07) is 13.6. The van der Waals surface area contributed by atoms with E-state index >= 15 is 0 Å². The van der Waals surface area contributed by atoms with E-state index in [-0.39, 0.29) is 11.3 Å².